The van der Waals surface area contributed by atoms with Crippen molar-refractivity contribution in [2.45, 2.75) is 38.1 Å². The molecule has 2 aromatic heterocycles. The van der Waals surface area contributed by atoms with Crippen LogP contribution in [0.15, 0.2) is 51.8 Å². The molecule has 34 heavy (non-hydrogen) atoms. The lowest BCUT2D eigenvalue weighted by Crippen LogP contribution is -2.39. The number of halogens is 1. The summed E-state index contributed by atoms with van der Waals surface area (Å²) >= 11 is 0. The Bertz CT molecular complexity index is 1480. The van der Waals surface area contributed by atoms with Gasteiger partial charge in [0.1, 0.15) is 11.6 Å². The van der Waals surface area contributed by atoms with Gasteiger partial charge in [0.2, 0.25) is 11.7 Å². The lowest BCUT2D eigenvalue weighted by molar-refractivity contribution is 0.0696. The molecule has 1 saturated heterocycles. The molecule has 2 aliphatic rings. The zero-order valence-corrected chi connectivity index (χ0v) is 18.4. The Balaban J connectivity index is 1.24. The predicted octanol–water partition coefficient (Wildman–Crippen LogP) is 3.55. The second kappa shape index (κ2) is 8.16. The quantitative estimate of drug-likeness (QED) is 0.465. The maximum absolute atomic E-state index is 13.5. The van der Waals surface area contributed by atoms with Crippen LogP contribution in [0.2, 0.25) is 0 Å². The maximum atomic E-state index is 13.5. The van der Waals surface area contributed by atoms with Crippen molar-refractivity contribution in [3.8, 4) is 11.4 Å². The molecule has 0 saturated carbocycles. The van der Waals surface area contributed by atoms with Crippen LogP contribution < -0.4 is 5.56 Å². The third-order valence-corrected chi connectivity index (χ3v) is 6.65. The smallest absolute Gasteiger partial charge is 0.261 e. The summed E-state index contributed by atoms with van der Waals surface area (Å²) in [6.07, 6.45) is 3.31. The third-order valence-electron chi connectivity index (χ3n) is 6.65. The van der Waals surface area contributed by atoms with Crippen LogP contribution in [0.4, 0.5) is 4.39 Å². The summed E-state index contributed by atoms with van der Waals surface area (Å²) in [7, 11) is 0. The number of likely N-dealkylation sites (tertiary alicyclic amines) is 1. The number of fused-ring (bicyclic) bond motifs is 2. The fourth-order valence-corrected chi connectivity index (χ4v) is 4.91. The molecule has 4 aromatic rings. The van der Waals surface area contributed by atoms with Crippen LogP contribution in [0.1, 0.15) is 47.3 Å². The standard InChI is InChI=1S/C25H22FN5O3/c26-18-6-1-4-15(12-18)22-28-23(34-29-22)17-5-2-10-30(14-17)24(32)16-8-9-19-20(13-16)27-21-7-3-11-31(21)25(19)33/h1,4,6,8-9,12-13,17H,2-3,5,7,10-11,14H2. The highest BCUT2D eigenvalue weighted by Crippen LogP contribution is 2.29. The first-order valence-electron chi connectivity index (χ1n) is 11.5. The average molecular weight is 459 g/mol. The number of rotatable bonds is 3. The fourth-order valence-electron chi connectivity index (χ4n) is 4.91. The molecule has 1 amide bonds. The number of carbonyl (C=O) groups is 1. The maximum Gasteiger partial charge on any atom is 0.261 e. The van der Waals surface area contributed by atoms with Crippen LogP contribution in [0.25, 0.3) is 22.3 Å². The molecule has 0 radical (unpaired) electrons. The molecule has 1 atom stereocenters. The summed E-state index contributed by atoms with van der Waals surface area (Å²) in [5.74, 6) is 0.984. The third kappa shape index (κ3) is 3.57. The number of hydrogen-bond acceptors (Lipinski definition) is 6. The van der Waals surface area contributed by atoms with Gasteiger partial charge in [-0.1, -0.05) is 17.3 Å². The van der Waals surface area contributed by atoms with Gasteiger partial charge < -0.3 is 9.42 Å². The van der Waals surface area contributed by atoms with Gasteiger partial charge >= 0.3 is 0 Å². The summed E-state index contributed by atoms with van der Waals surface area (Å²) in [6.45, 7) is 1.77. The number of carbonyl (C=O) groups excluding carboxylic acids is 1. The molecular formula is C25H22FN5O3. The van der Waals surface area contributed by atoms with E-state index in [-0.39, 0.29) is 23.2 Å². The second-order valence-electron chi connectivity index (χ2n) is 8.88. The molecule has 0 aliphatic carbocycles. The Morgan fingerprint density at radius 3 is 2.88 bits per heavy atom. The summed E-state index contributed by atoms with van der Waals surface area (Å²) < 4.78 is 20.7. The largest absolute Gasteiger partial charge is 0.339 e. The number of piperidine rings is 1. The van der Waals surface area contributed by atoms with Gasteiger partial charge in [-0.25, -0.2) is 9.37 Å². The van der Waals surface area contributed by atoms with Crippen molar-refractivity contribution in [1.82, 2.24) is 24.6 Å². The minimum absolute atomic E-state index is 0.0416. The normalized spacial score (nSPS) is 17.8. The molecular weight excluding hydrogens is 437 g/mol. The summed E-state index contributed by atoms with van der Waals surface area (Å²) in [4.78, 5) is 36.9. The van der Waals surface area contributed by atoms with Crippen LogP contribution in [-0.2, 0) is 13.0 Å². The van der Waals surface area contributed by atoms with E-state index in [0.29, 0.717) is 53.4 Å². The number of aryl methyl sites for hydroxylation is 1. The number of benzene rings is 2. The first kappa shape index (κ1) is 20.7. The molecule has 0 spiro atoms. The van der Waals surface area contributed by atoms with Gasteiger partial charge in [-0.3, -0.25) is 14.2 Å². The van der Waals surface area contributed by atoms with Crippen molar-refractivity contribution in [1.29, 1.82) is 0 Å². The van der Waals surface area contributed by atoms with Gasteiger partial charge in [0.15, 0.2) is 0 Å². The molecule has 1 fully saturated rings. The van der Waals surface area contributed by atoms with E-state index in [4.69, 9.17) is 4.52 Å². The van der Waals surface area contributed by atoms with Crippen LogP contribution in [0.3, 0.4) is 0 Å². The molecule has 0 N–H and O–H groups in total. The lowest BCUT2D eigenvalue weighted by Gasteiger charge is -2.31. The molecule has 0 bridgehead atoms. The van der Waals surface area contributed by atoms with Crippen LogP contribution >= 0.6 is 0 Å². The van der Waals surface area contributed by atoms with Gasteiger partial charge in [0.05, 0.1) is 16.8 Å². The van der Waals surface area contributed by atoms with Gasteiger partial charge in [-0.15, -0.1) is 0 Å². The van der Waals surface area contributed by atoms with E-state index in [0.717, 1.165) is 31.5 Å². The number of nitrogens with zero attached hydrogens (tertiary/aromatic N) is 5. The monoisotopic (exact) mass is 459 g/mol. The highest BCUT2D eigenvalue weighted by Gasteiger charge is 2.29. The predicted molar refractivity (Wildman–Crippen MR) is 122 cm³/mol. The van der Waals surface area contributed by atoms with Gasteiger partial charge in [-0.2, -0.15) is 4.98 Å². The van der Waals surface area contributed by atoms with Crippen molar-refractivity contribution in [3.05, 3.63) is 75.9 Å². The first-order chi connectivity index (χ1) is 16.6. The molecule has 4 heterocycles. The number of hydrogen-bond donors (Lipinski definition) is 0. The van der Waals surface area contributed by atoms with E-state index in [2.05, 4.69) is 15.1 Å². The van der Waals surface area contributed by atoms with E-state index in [1.165, 1.54) is 12.1 Å². The first-order valence-corrected chi connectivity index (χ1v) is 11.5. The van der Waals surface area contributed by atoms with Crippen molar-refractivity contribution >= 4 is 16.8 Å². The highest BCUT2D eigenvalue weighted by molar-refractivity contribution is 5.97. The van der Waals surface area contributed by atoms with Crippen LogP contribution in [-0.4, -0.2) is 43.6 Å². The van der Waals surface area contributed by atoms with E-state index < -0.39 is 0 Å². The zero-order chi connectivity index (χ0) is 23.2. The summed E-state index contributed by atoms with van der Waals surface area (Å²) in [5.41, 5.74) is 1.58. The van der Waals surface area contributed by atoms with Gasteiger partial charge in [0, 0.05) is 37.2 Å². The van der Waals surface area contributed by atoms with Crippen molar-refractivity contribution in [2.75, 3.05) is 13.1 Å². The lowest BCUT2D eigenvalue weighted by atomic mass is 9.97. The van der Waals surface area contributed by atoms with Crippen molar-refractivity contribution < 1.29 is 13.7 Å². The van der Waals surface area contributed by atoms with E-state index in [1.807, 2.05) is 0 Å². The zero-order valence-electron chi connectivity index (χ0n) is 18.4. The average Bonchev–Trinajstić information content (AvgIpc) is 3.54. The van der Waals surface area contributed by atoms with Crippen molar-refractivity contribution in [2.24, 2.45) is 0 Å². The second-order valence-corrected chi connectivity index (χ2v) is 8.88. The van der Waals surface area contributed by atoms with Crippen LogP contribution in [0.5, 0.6) is 0 Å². The van der Waals surface area contributed by atoms with Gasteiger partial charge in [0.25, 0.3) is 11.5 Å². The number of aromatic nitrogens is 4. The minimum Gasteiger partial charge on any atom is -0.339 e. The molecule has 172 valence electrons. The molecule has 1 unspecified atom stereocenters. The SMILES string of the molecule is O=C(c1ccc2c(=O)n3c(nc2c1)CCC3)N1CCCC(c2nc(-c3cccc(F)c3)no2)C1. The summed E-state index contributed by atoms with van der Waals surface area (Å²) in [5, 5.41) is 4.54. The van der Waals surface area contributed by atoms with Crippen molar-refractivity contribution in [3.63, 3.8) is 0 Å². The Labute approximate surface area is 194 Å². The Morgan fingerprint density at radius 2 is 2.00 bits per heavy atom. The Hall–Kier alpha value is -3.88. The number of amides is 1. The molecule has 6 rings (SSSR count). The molecule has 2 aliphatic heterocycles. The highest BCUT2D eigenvalue weighted by atomic mass is 19.1. The van der Waals surface area contributed by atoms with E-state index in [9.17, 15) is 14.0 Å². The Kier molecular flexibility index (Phi) is 4.97. The molecule has 8 nitrogen and oxygen atoms in total. The van der Waals surface area contributed by atoms with Crippen LogP contribution in [0, 0.1) is 5.82 Å². The van der Waals surface area contributed by atoms with E-state index in [1.54, 1.807) is 39.8 Å². The molecule has 2 aromatic carbocycles. The van der Waals surface area contributed by atoms with E-state index >= 15 is 0 Å². The summed E-state index contributed by atoms with van der Waals surface area (Å²) in [6, 6.07) is 11.2. The Morgan fingerprint density at radius 1 is 1.09 bits per heavy atom. The van der Waals surface area contributed by atoms with Gasteiger partial charge in [-0.05, 0) is 49.6 Å². The topological polar surface area (TPSA) is 94.1 Å². The minimum atomic E-state index is -0.365. The molecule has 9 heteroatoms. The fraction of sp³-hybridized carbons (Fsp3) is 0.320.